The number of halogens is 1. The van der Waals surface area contributed by atoms with E-state index in [9.17, 15) is 4.79 Å². The Morgan fingerprint density at radius 1 is 1.46 bits per heavy atom. The second kappa shape index (κ2) is 6.41. The van der Waals surface area contributed by atoms with Crippen LogP contribution in [0.3, 0.4) is 0 Å². The molecular weight excluding hydrogens is 348 g/mol. The molecule has 1 saturated carbocycles. The molecule has 0 radical (unpaired) electrons. The van der Waals surface area contributed by atoms with Gasteiger partial charge in [-0.25, -0.2) is 4.79 Å². The Labute approximate surface area is 159 Å². The largest absolute Gasteiger partial charge is 0.450 e. The van der Waals surface area contributed by atoms with Crippen molar-refractivity contribution in [2.45, 2.75) is 57.5 Å². The lowest BCUT2D eigenvalue weighted by atomic mass is 9.84. The Morgan fingerprint density at radius 2 is 2.27 bits per heavy atom. The number of ether oxygens (including phenoxy) is 1. The van der Waals surface area contributed by atoms with E-state index in [1.165, 1.54) is 27.6 Å². The first kappa shape index (κ1) is 17.6. The minimum absolute atomic E-state index is 0.327. The Kier molecular flexibility index (Phi) is 4.34. The number of carbonyl (C=O) groups is 1. The fraction of sp³-hybridized carbons (Fsp3) is 0.524. The molecular formula is C21H25ClN2O2. The van der Waals surface area contributed by atoms with Gasteiger partial charge in [-0.2, -0.15) is 5.10 Å². The van der Waals surface area contributed by atoms with Crippen LogP contribution in [0.2, 0.25) is 5.15 Å². The molecule has 26 heavy (non-hydrogen) atoms. The molecule has 0 amide bonds. The number of unbranched alkanes of at least 4 members (excludes halogenated alkanes) is 1. The van der Waals surface area contributed by atoms with Crippen LogP contribution in [0, 0.1) is 12.8 Å². The number of benzene rings is 1. The summed E-state index contributed by atoms with van der Waals surface area (Å²) < 4.78 is 7.78. The van der Waals surface area contributed by atoms with Gasteiger partial charge in [0.2, 0.25) is 0 Å². The summed E-state index contributed by atoms with van der Waals surface area (Å²) >= 11 is 6.23. The van der Waals surface area contributed by atoms with Gasteiger partial charge < -0.3 is 4.74 Å². The molecule has 0 saturated heterocycles. The van der Waals surface area contributed by atoms with Crippen molar-refractivity contribution in [1.29, 1.82) is 0 Å². The molecule has 1 aromatic carbocycles. The number of aromatic nitrogens is 2. The molecule has 4 nitrogen and oxygen atoms in total. The van der Waals surface area contributed by atoms with Gasteiger partial charge >= 0.3 is 5.97 Å². The van der Waals surface area contributed by atoms with Crippen LogP contribution in [-0.2, 0) is 17.4 Å². The Balaban J connectivity index is 1.74. The molecule has 0 spiro atoms. The van der Waals surface area contributed by atoms with Crippen LogP contribution in [-0.4, -0.2) is 15.7 Å². The van der Waals surface area contributed by atoms with Crippen LogP contribution in [0.1, 0.15) is 72.0 Å². The lowest BCUT2D eigenvalue weighted by Crippen LogP contribution is -2.34. The Morgan fingerprint density at radius 3 is 2.96 bits per heavy atom. The third kappa shape index (κ3) is 2.50. The van der Waals surface area contributed by atoms with Gasteiger partial charge in [-0.1, -0.05) is 55.1 Å². The maximum Gasteiger partial charge on any atom is 0.343 e. The molecule has 1 fully saturated rings. The summed E-state index contributed by atoms with van der Waals surface area (Å²) in [6, 6.07) is 6.62. The van der Waals surface area contributed by atoms with Crippen LogP contribution >= 0.6 is 11.6 Å². The van der Waals surface area contributed by atoms with Gasteiger partial charge in [0.25, 0.3) is 0 Å². The van der Waals surface area contributed by atoms with Gasteiger partial charge in [0.1, 0.15) is 16.3 Å². The highest BCUT2D eigenvalue weighted by molar-refractivity contribution is 6.32. The summed E-state index contributed by atoms with van der Waals surface area (Å²) in [5.74, 6) is 0.493. The number of hydrogen-bond acceptors (Lipinski definition) is 3. The van der Waals surface area contributed by atoms with Crippen LogP contribution in [0.4, 0.5) is 0 Å². The van der Waals surface area contributed by atoms with Gasteiger partial charge in [-0.15, -0.1) is 0 Å². The first-order chi connectivity index (χ1) is 12.5. The molecule has 1 aromatic heterocycles. The van der Waals surface area contributed by atoms with E-state index in [2.05, 4.69) is 37.1 Å². The van der Waals surface area contributed by atoms with Crippen molar-refractivity contribution in [2.75, 3.05) is 0 Å². The van der Waals surface area contributed by atoms with Gasteiger partial charge in [0, 0.05) is 13.0 Å². The SMILES string of the molecule is CCCCC1C2CCC1(OC(=O)c1cnn(C)c1Cl)c1cc(C)ccc12. The molecule has 138 valence electrons. The summed E-state index contributed by atoms with van der Waals surface area (Å²) in [6.45, 7) is 4.31. The normalized spacial score (nSPS) is 26.2. The number of rotatable bonds is 5. The van der Waals surface area contributed by atoms with Crippen LogP contribution < -0.4 is 0 Å². The summed E-state index contributed by atoms with van der Waals surface area (Å²) in [7, 11) is 1.72. The van der Waals surface area contributed by atoms with E-state index in [-0.39, 0.29) is 5.97 Å². The molecule has 1 heterocycles. The fourth-order valence-electron chi connectivity index (χ4n) is 4.97. The van der Waals surface area contributed by atoms with E-state index in [1.807, 2.05) is 0 Å². The third-order valence-electron chi connectivity index (χ3n) is 6.21. The monoisotopic (exact) mass is 372 g/mol. The van der Waals surface area contributed by atoms with Crippen molar-refractivity contribution in [1.82, 2.24) is 9.78 Å². The number of fused-ring (bicyclic) bond motifs is 5. The zero-order valence-corrected chi connectivity index (χ0v) is 16.3. The quantitative estimate of drug-likeness (QED) is 0.683. The summed E-state index contributed by atoms with van der Waals surface area (Å²) in [5.41, 5.74) is 3.62. The maximum absolute atomic E-state index is 13.0. The van der Waals surface area contributed by atoms with E-state index in [4.69, 9.17) is 16.3 Å². The lowest BCUT2D eigenvalue weighted by Gasteiger charge is -2.33. The highest BCUT2D eigenvalue weighted by Gasteiger charge is 2.59. The fourth-order valence-corrected chi connectivity index (χ4v) is 5.14. The zero-order chi connectivity index (χ0) is 18.5. The smallest absolute Gasteiger partial charge is 0.343 e. The standard InChI is InChI=1S/C21H25ClN2O2/c1-4-5-6-17-15-9-10-21(17,18-11-13(2)7-8-14(15)18)26-20(25)16-12-23-24(3)19(16)22/h7-8,11-12,15,17H,4-6,9-10H2,1-3H3. The van der Waals surface area contributed by atoms with E-state index in [0.29, 0.717) is 22.6 Å². The summed E-state index contributed by atoms with van der Waals surface area (Å²) in [5, 5.41) is 4.41. The highest BCUT2D eigenvalue weighted by atomic mass is 35.5. The number of nitrogens with zero attached hydrogens (tertiary/aromatic N) is 2. The van der Waals surface area contributed by atoms with Crippen molar-refractivity contribution >= 4 is 17.6 Å². The van der Waals surface area contributed by atoms with E-state index in [0.717, 1.165) is 32.1 Å². The van der Waals surface area contributed by atoms with Gasteiger partial charge in [0.15, 0.2) is 0 Å². The molecule has 0 N–H and O–H groups in total. The molecule has 3 atom stereocenters. The Bertz CT molecular complexity index is 860. The van der Waals surface area contributed by atoms with Gasteiger partial charge in [-0.05, 0) is 43.2 Å². The predicted molar refractivity (Wildman–Crippen MR) is 101 cm³/mol. The van der Waals surface area contributed by atoms with Gasteiger partial charge in [-0.3, -0.25) is 4.68 Å². The van der Waals surface area contributed by atoms with Crippen molar-refractivity contribution < 1.29 is 9.53 Å². The second-order valence-corrected chi connectivity index (χ2v) is 8.09. The third-order valence-corrected chi connectivity index (χ3v) is 6.65. The molecule has 3 unspecified atom stereocenters. The van der Waals surface area contributed by atoms with E-state index >= 15 is 0 Å². The highest BCUT2D eigenvalue weighted by Crippen LogP contribution is 2.63. The van der Waals surface area contributed by atoms with Crippen molar-refractivity contribution in [3.05, 3.63) is 51.8 Å². The summed E-state index contributed by atoms with van der Waals surface area (Å²) in [4.78, 5) is 13.0. The van der Waals surface area contributed by atoms with Crippen LogP contribution in [0.15, 0.2) is 24.4 Å². The van der Waals surface area contributed by atoms with Crippen LogP contribution in [0.5, 0.6) is 0 Å². The molecule has 2 aliphatic rings. The van der Waals surface area contributed by atoms with E-state index < -0.39 is 5.60 Å². The lowest BCUT2D eigenvalue weighted by molar-refractivity contribution is -0.0413. The Hall–Kier alpha value is -1.81. The maximum atomic E-state index is 13.0. The zero-order valence-electron chi connectivity index (χ0n) is 15.6. The van der Waals surface area contributed by atoms with E-state index in [1.54, 1.807) is 7.05 Å². The number of esters is 1. The van der Waals surface area contributed by atoms with Crippen molar-refractivity contribution in [2.24, 2.45) is 13.0 Å². The molecule has 2 aromatic rings. The molecule has 2 bridgehead atoms. The number of aryl methyl sites for hydroxylation is 2. The molecule has 5 heteroatoms. The molecule has 4 rings (SSSR count). The predicted octanol–water partition coefficient (Wildman–Crippen LogP) is 5.13. The first-order valence-corrected chi connectivity index (χ1v) is 9.87. The topological polar surface area (TPSA) is 44.1 Å². The minimum Gasteiger partial charge on any atom is -0.450 e. The summed E-state index contributed by atoms with van der Waals surface area (Å²) in [6.07, 6.45) is 6.87. The average molecular weight is 373 g/mol. The van der Waals surface area contributed by atoms with Crippen molar-refractivity contribution in [3.63, 3.8) is 0 Å². The van der Waals surface area contributed by atoms with Gasteiger partial charge in [0.05, 0.1) is 6.20 Å². The number of carbonyl (C=O) groups excluding carboxylic acids is 1. The molecule has 2 aliphatic carbocycles. The van der Waals surface area contributed by atoms with Crippen LogP contribution in [0.25, 0.3) is 0 Å². The average Bonchev–Trinajstić information content (AvgIpc) is 3.22. The first-order valence-electron chi connectivity index (χ1n) is 9.49. The molecule has 0 aliphatic heterocycles. The second-order valence-electron chi connectivity index (χ2n) is 7.74. The minimum atomic E-state index is -0.516. The van der Waals surface area contributed by atoms with Crippen molar-refractivity contribution in [3.8, 4) is 0 Å². The number of hydrogen-bond donors (Lipinski definition) is 0.